The van der Waals surface area contributed by atoms with E-state index < -0.39 is 0 Å². The van der Waals surface area contributed by atoms with Crippen molar-refractivity contribution in [2.45, 2.75) is 19.6 Å². The molecule has 0 aliphatic carbocycles. The summed E-state index contributed by atoms with van der Waals surface area (Å²) in [5, 5.41) is 3.92. The highest BCUT2D eigenvalue weighted by atomic mass is 35.5. The van der Waals surface area contributed by atoms with E-state index in [1.54, 1.807) is 30.3 Å². The third kappa shape index (κ3) is 6.48. The first-order valence-electron chi connectivity index (χ1n) is 8.71. The number of hydrogen-bond acceptors (Lipinski definition) is 2. The Balaban J connectivity index is 0.00000280. The van der Waals surface area contributed by atoms with E-state index >= 15 is 0 Å². The van der Waals surface area contributed by atoms with E-state index in [0.717, 1.165) is 11.1 Å². The summed E-state index contributed by atoms with van der Waals surface area (Å²) >= 11 is 6.11. The molecule has 0 atom stereocenters. The van der Waals surface area contributed by atoms with Crippen LogP contribution >= 0.6 is 24.0 Å². The minimum atomic E-state index is -0.273. The van der Waals surface area contributed by atoms with Gasteiger partial charge in [0.05, 0.1) is 0 Å². The van der Waals surface area contributed by atoms with Crippen molar-refractivity contribution >= 4 is 24.0 Å². The molecule has 0 amide bonds. The maximum atomic E-state index is 13.7. The Morgan fingerprint density at radius 1 is 0.893 bits per heavy atom. The molecule has 148 valence electrons. The summed E-state index contributed by atoms with van der Waals surface area (Å²) in [6, 6.07) is 18.4. The van der Waals surface area contributed by atoms with Gasteiger partial charge in [0.2, 0.25) is 0 Å². The second-order valence-electron chi connectivity index (χ2n) is 6.19. The van der Waals surface area contributed by atoms with Gasteiger partial charge in [-0.2, -0.15) is 0 Å². The van der Waals surface area contributed by atoms with Gasteiger partial charge in [0, 0.05) is 17.1 Å². The molecule has 1 N–H and O–H groups in total. The Bertz CT molecular complexity index is 888. The molecule has 6 heteroatoms. The average molecular weight is 424 g/mol. The molecule has 3 aromatic carbocycles. The summed E-state index contributed by atoms with van der Waals surface area (Å²) in [4.78, 5) is 0. The van der Waals surface area contributed by atoms with Crippen molar-refractivity contribution in [3.8, 4) is 5.75 Å². The van der Waals surface area contributed by atoms with Crippen LogP contribution in [0, 0.1) is 11.6 Å². The van der Waals surface area contributed by atoms with E-state index in [1.165, 1.54) is 18.2 Å². The summed E-state index contributed by atoms with van der Waals surface area (Å²) in [7, 11) is 0. The highest BCUT2D eigenvalue weighted by Gasteiger charge is 2.06. The Labute approximate surface area is 174 Å². The van der Waals surface area contributed by atoms with E-state index in [4.69, 9.17) is 16.3 Å². The van der Waals surface area contributed by atoms with Gasteiger partial charge in [0.1, 0.15) is 24.0 Å². The predicted molar refractivity (Wildman–Crippen MR) is 111 cm³/mol. The largest absolute Gasteiger partial charge is 0.489 e. The molecule has 0 saturated heterocycles. The van der Waals surface area contributed by atoms with E-state index in [2.05, 4.69) is 5.32 Å². The smallest absolute Gasteiger partial charge is 0.126 e. The number of halogens is 4. The number of rotatable bonds is 8. The van der Waals surface area contributed by atoms with Gasteiger partial charge in [-0.3, -0.25) is 0 Å². The zero-order valence-corrected chi connectivity index (χ0v) is 16.7. The monoisotopic (exact) mass is 423 g/mol. The van der Waals surface area contributed by atoms with Gasteiger partial charge in [0.15, 0.2) is 0 Å². The molecule has 3 rings (SSSR count). The molecule has 0 bridgehead atoms. The third-order valence-electron chi connectivity index (χ3n) is 4.17. The van der Waals surface area contributed by atoms with Gasteiger partial charge in [-0.05, 0) is 60.5 Å². The van der Waals surface area contributed by atoms with Gasteiger partial charge in [-0.25, -0.2) is 8.78 Å². The van der Waals surface area contributed by atoms with Crippen LogP contribution in [0.2, 0.25) is 5.02 Å². The van der Waals surface area contributed by atoms with Crippen molar-refractivity contribution in [3.63, 3.8) is 0 Å². The Kier molecular flexibility index (Phi) is 8.71. The lowest BCUT2D eigenvalue weighted by Crippen LogP contribution is -2.17. The minimum absolute atomic E-state index is 0. The first kappa shape index (κ1) is 22.2. The standard InChI is InChI=1S/C22H20ClF2NO.ClH/c23-19-7-10-22(27-15-16-5-8-20(24)9-6-16)18(13-19)14-26-12-11-17-3-1-2-4-21(17)25;/h1-10,13,26H,11-12,14-15H2;1H. The second-order valence-corrected chi connectivity index (χ2v) is 6.62. The van der Waals surface area contributed by atoms with Crippen LogP contribution in [0.25, 0.3) is 0 Å². The average Bonchev–Trinajstić information content (AvgIpc) is 2.67. The molecule has 0 fully saturated rings. The van der Waals surface area contributed by atoms with Gasteiger partial charge in [-0.1, -0.05) is 41.9 Å². The highest BCUT2D eigenvalue weighted by Crippen LogP contribution is 2.24. The van der Waals surface area contributed by atoms with Gasteiger partial charge in [0.25, 0.3) is 0 Å². The zero-order chi connectivity index (χ0) is 19.1. The van der Waals surface area contributed by atoms with Gasteiger partial charge < -0.3 is 10.1 Å². The van der Waals surface area contributed by atoms with Crippen LogP contribution < -0.4 is 10.1 Å². The summed E-state index contributed by atoms with van der Waals surface area (Å²) < 4.78 is 32.5. The molecular formula is C22H21Cl2F2NO. The van der Waals surface area contributed by atoms with Crippen molar-refractivity contribution in [1.82, 2.24) is 5.32 Å². The molecule has 0 saturated carbocycles. The fourth-order valence-electron chi connectivity index (χ4n) is 2.72. The van der Waals surface area contributed by atoms with E-state index in [9.17, 15) is 8.78 Å². The molecule has 3 aromatic rings. The molecule has 0 heterocycles. The van der Waals surface area contributed by atoms with Gasteiger partial charge >= 0.3 is 0 Å². The topological polar surface area (TPSA) is 21.3 Å². The van der Waals surface area contributed by atoms with E-state index in [-0.39, 0.29) is 24.0 Å². The van der Waals surface area contributed by atoms with Crippen molar-refractivity contribution in [2.24, 2.45) is 0 Å². The van der Waals surface area contributed by atoms with Crippen LogP contribution in [-0.4, -0.2) is 6.54 Å². The third-order valence-corrected chi connectivity index (χ3v) is 4.41. The summed E-state index contributed by atoms with van der Waals surface area (Å²) in [6.07, 6.45) is 0.596. The van der Waals surface area contributed by atoms with Crippen LogP contribution in [0.3, 0.4) is 0 Å². The lowest BCUT2D eigenvalue weighted by Gasteiger charge is -2.13. The minimum Gasteiger partial charge on any atom is -0.489 e. The molecule has 0 aliphatic rings. The summed E-state index contributed by atoms with van der Waals surface area (Å²) in [5.74, 6) is 0.248. The van der Waals surface area contributed by atoms with Gasteiger partial charge in [-0.15, -0.1) is 12.4 Å². The molecule has 0 spiro atoms. The van der Waals surface area contributed by atoms with Crippen LogP contribution in [0.5, 0.6) is 5.75 Å². The normalized spacial score (nSPS) is 10.4. The van der Waals surface area contributed by atoms with Crippen LogP contribution in [0.4, 0.5) is 8.78 Å². The first-order chi connectivity index (χ1) is 13.1. The SMILES string of the molecule is Cl.Fc1ccc(COc2ccc(Cl)cc2CNCCc2ccccc2F)cc1. The number of benzene rings is 3. The van der Waals surface area contributed by atoms with Crippen molar-refractivity contribution in [1.29, 1.82) is 0 Å². The maximum absolute atomic E-state index is 13.7. The Morgan fingerprint density at radius 2 is 1.64 bits per heavy atom. The lowest BCUT2D eigenvalue weighted by molar-refractivity contribution is 0.302. The van der Waals surface area contributed by atoms with Crippen LogP contribution in [0.1, 0.15) is 16.7 Å². The number of nitrogens with one attached hydrogen (secondary N) is 1. The van der Waals surface area contributed by atoms with Crippen molar-refractivity contribution in [3.05, 3.63) is 100 Å². The maximum Gasteiger partial charge on any atom is 0.126 e. The fraction of sp³-hybridized carbons (Fsp3) is 0.182. The first-order valence-corrected chi connectivity index (χ1v) is 9.09. The number of hydrogen-bond donors (Lipinski definition) is 1. The molecule has 2 nitrogen and oxygen atoms in total. The van der Waals surface area contributed by atoms with Crippen molar-refractivity contribution in [2.75, 3.05) is 6.54 Å². The summed E-state index contributed by atoms with van der Waals surface area (Å²) in [6.45, 7) is 1.52. The summed E-state index contributed by atoms with van der Waals surface area (Å²) in [5.41, 5.74) is 2.48. The zero-order valence-electron chi connectivity index (χ0n) is 15.1. The lowest BCUT2D eigenvalue weighted by atomic mass is 10.1. The van der Waals surface area contributed by atoms with Crippen molar-refractivity contribution < 1.29 is 13.5 Å². The Hall–Kier alpha value is -2.14. The van der Waals surface area contributed by atoms with E-state index in [1.807, 2.05) is 18.2 Å². The second kappa shape index (κ2) is 11.0. The number of ether oxygens (including phenoxy) is 1. The molecule has 0 unspecified atom stereocenters. The molecule has 28 heavy (non-hydrogen) atoms. The Morgan fingerprint density at radius 3 is 2.39 bits per heavy atom. The van der Waals surface area contributed by atoms with Crippen LogP contribution in [0.15, 0.2) is 66.7 Å². The molecule has 0 aromatic heterocycles. The molecule has 0 aliphatic heterocycles. The van der Waals surface area contributed by atoms with Crippen LogP contribution in [-0.2, 0) is 19.6 Å². The molecule has 0 radical (unpaired) electrons. The highest BCUT2D eigenvalue weighted by molar-refractivity contribution is 6.30. The van der Waals surface area contributed by atoms with E-state index in [0.29, 0.717) is 42.5 Å². The quantitative estimate of drug-likeness (QED) is 0.451. The predicted octanol–water partition coefficient (Wildman–Crippen LogP) is 5.95. The fourth-order valence-corrected chi connectivity index (χ4v) is 2.91. The molecular weight excluding hydrogens is 403 g/mol.